The number of hydrogen-bond acceptors (Lipinski definition) is 3. The van der Waals surface area contributed by atoms with Crippen LogP contribution in [-0.2, 0) is 16.1 Å². The molecule has 2 amide bonds. The summed E-state index contributed by atoms with van der Waals surface area (Å²) in [4.78, 5) is 23.9. The van der Waals surface area contributed by atoms with E-state index in [9.17, 15) is 22.8 Å². The van der Waals surface area contributed by atoms with Crippen molar-refractivity contribution in [1.82, 2.24) is 4.90 Å². The molecule has 23 heavy (non-hydrogen) atoms. The molecule has 0 saturated carbocycles. The van der Waals surface area contributed by atoms with Gasteiger partial charge in [0.1, 0.15) is 0 Å². The van der Waals surface area contributed by atoms with Gasteiger partial charge in [0.2, 0.25) is 5.91 Å². The van der Waals surface area contributed by atoms with Crippen LogP contribution in [0, 0.1) is 0 Å². The van der Waals surface area contributed by atoms with E-state index in [4.69, 9.17) is 0 Å². The first-order valence-corrected chi connectivity index (χ1v) is 8.26. The largest absolute Gasteiger partial charge is 0.471 e. The molecule has 0 radical (unpaired) electrons. The number of halogens is 3. The van der Waals surface area contributed by atoms with E-state index >= 15 is 0 Å². The minimum atomic E-state index is -4.89. The van der Waals surface area contributed by atoms with Gasteiger partial charge in [0.15, 0.2) is 0 Å². The molecule has 1 aromatic carbocycles. The Morgan fingerprint density at radius 3 is 2.52 bits per heavy atom. The zero-order chi connectivity index (χ0) is 17.6. The van der Waals surface area contributed by atoms with E-state index < -0.39 is 12.1 Å². The highest BCUT2D eigenvalue weighted by molar-refractivity contribution is 7.99. The maximum Gasteiger partial charge on any atom is 0.471 e. The van der Waals surface area contributed by atoms with Crippen molar-refractivity contribution < 1.29 is 22.8 Å². The molecule has 1 atom stereocenters. The Balaban J connectivity index is 2.84. The third-order valence-electron chi connectivity index (χ3n) is 3.20. The number of alkyl halides is 3. The second-order valence-electron chi connectivity index (χ2n) is 4.88. The van der Waals surface area contributed by atoms with Crippen molar-refractivity contribution in [3.8, 4) is 0 Å². The van der Waals surface area contributed by atoms with Crippen molar-refractivity contribution >= 4 is 29.3 Å². The van der Waals surface area contributed by atoms with Crippen LogP contribution in [0.1, 0.15) is 19.4 Å². The van der Waals surface area contributed by atoms with Gasteiger partial charge in [-0.05, 0) is 37.8 Å². The number of rotatable bonds is 6. The van der Waals surface area contributed by atoms with Crippen LogP contribution in [-0.4, -0.2) is 40.9 Å². The topological polar surface area (TPSA) is 49.4 Å². The molecule has 0 heterocycles. The molecular formula is C15H19F3N2O2S. The lowest BCUT2D eigenvalue weighted by atomic mass is 10.2. The van der Waals surface area contributed by atoms with Gasteiger partial charge in [0, 0.05) is 18.8 Å². The second kappa shape index (κ2) is 8.24. The summed E-state index contributed by atoms with van der Waals surface area (Å²) in [6.07, 6.45) is -3.09. The van der Waals surface area contributed by atoms with Gasteiger partial charge >= 0.3 is 12.1 Å². The monoisotopic (exact) mass is 348 g/mol. The first kappa shape index (κ1) is 19.3. The van der Waals surface area contributed by atoms with Gasteiger partial charge in [0.25, 0.3) is 0 Å². The molecule has 4 nitrogen and oxygen atoms in total. The van der Waals surface area contributed by atoms with Crippen molar-refractivity contribution in [3.63, 3.8) is 0 Å². The number of thioether (sulfide) groups is 1. The summed E-state index contributed by atoms with van der Waals surface area (Å²) in [5, 5.41) is 2.46. The first-order chi connectivity index (χ1) is 10.7. The third-order valence-corrected chi connectivity index (χ3v) is 4.12. The highest BCUT2D eigenvalue weighted by Crippen LogP contribution is 2.21. The van der Waals surface area contributed by atoms with Crippen LogP contribution in [0.25, 0.3) is 0 Å². The standard InChI is InChI=1S/C15H19F3N2O2S/c1-4-20(14(22)15(16,17)18)9-11-6-5-7-12(8-11)19-13(21)10(2)23-3/h5-8,10H,4,9H2,1-3H3,(H,19,21)/t10-/m0/s1. The Morgan fingerprint density at radius 1 is 1.35 bits per heavy atom. The second-order valence-corrected chi connectivity index (χ2v) is 6.06. The van der Waals surface area contributed by atoms with E-state index in [0.29, 0.717) is 16.2 Å². The molecule has 0 spiro atoms. The molecule has 1 aromatic rings. The molecule has 0 fully saturated rings. The van der Waals surface area contributed by atoms with Crippen LogP contribution in [0.4, 0.5) is 18.9 Å². The van der Waals surface area contributed by atoms with Crippen molar-refractivity contribution in [2.45, 2.75) is 31.8 Å². The normalized spacial score (nSPS) is 12.6. The SMILES string of the molecule is CCN(Cc1cccc(NC(=O)[C@H](C)SC)c1)C(=O)C(F)(F)F. The lowest BCUT2D eigenvalue weighted by molar-refractivity contribution is -0.185. The number of anilines is 1. The average molecular weight is 348 g/mol. The van der Waals surface area contributed by atoms with Gasteiger partial charge in [-0.3, -0.25) is 9.59 Å². The zero-order valence-corrected chi connectivity index (χ0v) is 13.9. The number of amides is 2. The van der Waals surface area contributed by atoms with E-state index in [-0.39, 0.29) is 24.2 Å². The number of carbonyl (C=O) groups is 2. The fraction of sp³-hybridized carbons (Fsp3) is 0.467. The Morgan fingerprint density at radius 2 is 2.00 bits per heavy atom. The van der Waals surface area contributed by atoms with E-state index in [1.165, 1.54) is 18.7 Å². The van der Waals surface area contributed by atoms with Crippen molar-refractivity contribution in [2.75, 3.05) is 18.1 Å². The van der Waals surface area contributed by atoms with E-state index in [1.54, 1.807) is 31.2 Å². The predicted molar refractivity (Wildman–Crippen MR) is 85.2 cm³/mol. The van der Waals surface area contributed by atoms with Gasteiger partial charge < -0.3 is 10.2 Å². The Kier molecular flexibility index (Phi) is 6.93. The summed E-state index contributed by atoms with van der Waals surface area (Å²) >= 11 is 1.39. The molecular weight excluding hydrogens is 329 g/mol. The Hall–Kier alpha value is -1.70. The fourth-order valence-electron chi connectivity index (χ4n) is 1.83. The summed E-state index contributed by atoms with van der Waals surface area (Å²) < 4.78 is 37.6. The molecule has 0 aliphatic rings. The minimum absolute atomic E-state index is 0.0571. The maximum atomic E-state index is 12.5. The van der Waals surface area contributed by atoms with Gasteiger partial charge in [-0.15, -0.1) is 0 Å². The molecule has 0 aliphatic heterocycles. The summed E-state index contributed by atoms with van der Waals surface area (Å²) in [6.45, 7) is 3.01. The molecule has 0 bridgehead atoms. The molecule has 1 rings (SSSR count). The zero-order valence-electron chi connectivity index (χ0n) is 13.1. The van der Waals surface area contributed by atoms with Crippen LogP contribution in [0.3, 0.4) is 0 Å². The van der Waals surface area contributed by atoms with Crippen LogP contribution in [0.2, 0.25) is 0 Å². The van der Waals surface area contributed by atoms with E-state index in [0.717, 1.165) is 0 Å². The fourth-order valence-corrected chi connectivity index (χ4v) is 2.10. The molecule has 0 saturated heterocycles. The summed E-state index contributed by atoms with van der Waals surface area (Å²) in [5.74, 6) is -2.06. The summed E-state index contributed by atoms with van der Waals surface area (Å²) in [6, 6.07) is 6.45. The molecule has 0 aromatic heterocycles. The molecule has 0 unspecified atom stereocenters. The molecule has 0 aliphatic carbocycles. The highest BCUT2D eigenvalue weighted by Gasteiger charge is 2.41. The average Bonchev–Trinajstić information content (AvgIpc) is 2.50. The number of benzene rings is 1. The van der Waals surface area contributed by atoms with Crippen LogP contribution < -0.4 is 5.32 Å². The molecule has 1 N–H and O–H groups in total. The smallest absolute Gasteiger partial charge is 0.331 e. The quantitative estimate of drug-likeness (QED) is 0.858. The lowest BCUT2D eigenvalue weighted by Crippen LogP contribution is -2.40. The molecule has 8 heteroatoms. The predicted octanol–water partition coefficient (Wildman–Crippen LogP) is 3.29. The minimum Gasteiger partial charge on any atom is -0.331 e. The van der Waals surface area contributed by atoms with Crippen molar-refractivity contribution in [3.05, 3.63) is 29.8 Å². The Labute approximate surface area is 137 Å². The summed E-state index contributed by atoms with van der Waals surface area (Å²) in [5.41, 5.74) is 1.00. The number of nitrogens with zero attached hydrogens (tertiary/aromatic N) is 1. The van der Waals surface area contributed by atoms with Gasteiger partial charge in [-0.25, -0.2) is 0 Å². The van der Waals surface area contributed by atoms with E-state index in [1.807, 2.05) is 6.26 Å². The highest BCUT2D eigenvalue weighted by atomic mass is 32.2. The number of carbonyl (C=O) groups excluding carboxylic acids is 2. The van der Waals surface area contributed by atoms with E-state index in [2.05, 4.69) is 5.32 Å². The van der Waals surface area contributed by atoms with Crippen LogP contribution in [0.15, 0.2) is 24.3 Å². The van der Waals surface area contributed by atoms with Crippen molar-refractivity contribution in [1.29, 1.82) is 0 Å². The summed E-state index contributed by atoms with van der Waals surface area (Å²) in [7, 11) is 0. The van der Waals surface area contributed by atoms with Gasteiger partial charge in [-0.1, -0.05) is 12.1 Å². The Bertz CT molecular complexity index is 564. The van der Waals surface area contributed by atoms with Gasteiger partial charge in [0.05, 0.1) is 5.25 Å². The van der Waals surface area contributed by atoms with Crippen LogP contribution in [0.5, 0.6) is 0 Å². The third kappa shape index (κ3) is 5.78. The molecule has 128 valence electrons. The number of nitrogens with one attached hydrogen (secondary N) is 1. The first-order valence-electron chi connectivity index (χ1n) is 6.97. The number of hydrogen-bond donors (Lipinski definition) is 1. The lowest BCUT2D eigenvalue weighted by Gasteiger charge is -2.22. The van der Waals surface area contributed by atoms with Gasteiger partial charge in [-0.2, -0.15) is 24.9 Å². The van der Waals surface area contributed by atoms with Crippen molar-refractivity contribution in [2.24, 2.45) is 0 Å². The van der Waals surface area contributed by atoms with Crippen LogP contribution >= 0.6 is 11.8 Å². The maximum absolute atomic E-state index is 12.5.